The minimum Gasteiger partial charge on any atom is -0.392 e. The second-order valence-corrected chi connectivity index (χ2v) is 7.04. The summed E-state index contributed by atoms with van der Waals surface area (Å²) in [4.78, 5) is 0. The Morgan fingerprint density at radius 2 is 1.60 bits per heavy atom. The van der Waals surface area contributed by atoms with Crippen molar-refractivity contribution in [1.82, 2.24) is 4.57 Å². The molecule has 1 aromatic heterocycles. The van der Waals surface area contributed by atoms with Gasteiger partial charge in [0.15, 0.2) is 0 Å². The van der Waals surface area contributed by atoms with Gasteiger partial charge in [-0.3, -0.25) is 0 Å². The number of rotatable bonds is 3. The lowest BCUT2D eigenvalue weighted by Gasteiger charge is -2.22. The summed E-state index contributed by atoms with van der Waals surface area (Å²) in [5, 5.41) is 20.9. The summed E-state index contributed by atoms with van der Waals surface area (Å²) in [6, 6.07) is 13.8. The summed E-state index contributed by atoms with van der Waals surface area (Å²) in [6.45, 7) is 0.463. The van der Waals surface area contributed by atoms with E-state index in [1.54, 1.807) is 6.07 Å². The van der Waals surface area contributed by atoms with E-state index in [0.717, 1.165) is 34.5 Å². The lowest BCUT2D eigenvalue weighted by atomic mass is 9.97. The Morgan fingerprint density at radius 3 is 2.28 bits per heavy atom. The van der Waals surface area contributed by atoms with Crippen molar-refractivity contribution in [3.05, 3.63) is 80.5 Å². The number of nitrogens with zero attached hydrogens (tertiary/aromatic N) is 1. The SMILES string of the molecule is OCc1c(CO)c(-c2ccc(Cl)c(Cl)c2)n2c1Cc1ccccc1C2. The molecule has 3 nitrogen and oxygen atoms in total. The standard InChI is InChI=1S/C20H17Cl2NO2/c21-17-6-5-13(7-18(17)22)20-16(11-25)15(10-24)19-8-12-3-1-2-4-14(12)9-23(19)20/h1-7,24-25H,8-11H2. The molecule has 3 aromatic rings. The second-order valence-electron chi connectivity index (χ2n) is 6.23. The van der Waals surface area contributed by atoms with Crippen molar-refractivity contribution < 1.29 is 10.2 Å². The van der Waals surface area contributed by atoms with Crippen LogP contribution in [0.2, 0.25) is 10.0 Å². The molecule has 128 valence electrons. The van der Waals surface area contributed by atoms with E-state index in [1.807, 2.05) is 24.3 Å². The van der Waals surface area contributed by atoms with Gasteiger partial charge in [0.05, 0.1) is 29.0 Å². The molecule has 0 fully saturated rings. The lowest BCUT2D eigenvalue weighted by Crippen LogP contribution is -2.15. The van der Waals surface area contributed by atoms with Gasteiger partial charge in [0.2, 0.25) is 0 Å². The van der Waals surface area contributed by atoms with Crippen LogP contribution in [0, 0.1) is 0 Å². The maximum absolute atomic E-state index is 10.00. The molecule has 4 rings (SSSR count). The Morgan fingerprint density at radius 1 is 0.880 bits per heavy atom. The highest BCUT2D eigenvalue weighted by Gasteiger charge is 2.26. The van der Waals surface area contributed by atoms with Gasteiger partial charge < -0.3 is 14.8 Å². The Bertz CT molecular complexity index is 963. The first-order chi connectivity index (χ1) is 12.1. The van der Waals surface area contributed by atoms with Gasteiger partial charge in [0, 0.05) is 35.3 Å². The number of hydrogen-bond donors (Lipinski definition) is 2. The van der Waals surface area contributed by atoms with Crippen LogP contribution in [0.25, 0.3) is 11.3 Å². The van der Waals surface area contributed by atoms with E-state index >= 15 is 0 Å². The van der Waals surface area contributed by atoms with E-state index in [0.29, 0.717) is 16.6 Å². The van der Waals surface area contributed by atoms with Crippen LogP contribution in [0.4, 0.5) is 0 Å². The van der Waals surface area contributed by atoms with Gasteiger partial charge in [-0.15, -0.1) is 0 Å². The van der Waals surface area contributed by atoms with Crippen LogP contribution in [-0.2, 0) is 26.2 Å². The lowest BCUT2D eigenvalue weighted by molar-refractivity contribution is 0.260. The Kier molecular flexibility index (Phi) is 4.34. The van der Waals surface area contributed by atoms with Gasteiger partial charge in [-0.25, -0.2) is 0 Å². The van der Waals surface area contributed by atoms with Crippen molar-refractivity contribution in [2.24, 2.45) is 0 Å². The molecule has 0 atom stereocenters. The summed E-state index contributed by atoms with van der Waals surface area (Å²) in [7, 11) is 0. The first-order valence-electron chi connectivity index (χ1n) is 8.11. The molecule has 0 unspecified atom stereocenters. The first kappa shape index (κ1) is 16.7. The fourth-order valence-electron chi connectivity index (χ4n) is 3.72. The van der Waals surface area contributed by atoms with Crippen molar-refractivity contribution in [2.75, 3.05) is 0 Å². The average molecular weight is 374 g/mol. The molecule has 0 saturated heterocycles. The summed E-state index contributed by atoms with van der Waals surface area (Å²) < 4.78 is 2.18. The highest BCUT2D eigenvalue weighted by molar-refractivity contribution is 6.42. The number of benzene rings is 2. The van der Waals surface area contributed by atoms with Crippen LogP contribution in [0.1, 0.15) is 27.9 Å². The molecular formula is C20H17Cl2NO2. The second kappa shape index (κ2) is 6.50. The zero-order valence-electron chi connectivity index (χ0n) is 13.5. The van der Waals surface area contributed by atoms with Gasteiger partial charge in [0.25, 0.3) is 0 Å². The Labute approximate surface area is 156 Å². The molecule has 0 bridgehead atoms. The Hall–Kier alpha value is -1.78. The molecule has 25 heavy (non-hydrogen) atoms. The maximum Gasteiger partial charge on any atom is 0.0706 e. The fourth-order valence-corrected chi connectivity index (χ4v) is 4.02. The topological polar surface area (TPSA) is 45.4 Å². The number of fused-ring (bicyclic) bond motifs is 2. The number of aliphatic hydroxyl groups is 2. The quantitative estimate of drug-likeness (QED) is 0.558. The van der Waals surface area contributed by atoms with Crippen LogP contribution in [0.15, 0.2) is 42.5 Å². The molecule has 0 amide bonds. The van der Waals surface area contributed by atoms with Crippen LogP contribution in [0.5, 0.6) is 0 Å². The molecule has 2 aromatic carbocycles. The molecule has 1 aliphatic heterocycles. The van der Waals surface area contributed by atoms with E-state index in [9.17, 15) is 10.2 Å². The monoisotopic (exact) mass is 373 g/mol. The van der Waals surface area contributed by atoms with Crippen molar-refractivity contribution in [2.45, 2.75) is 26.2 Å². The largest absolute Gasteiger partial charge is 0.392 e. The minimum atomic E-state index is -0.137. The van der Waals surface area contributed by atoms with Crippen molar-refractivity contribution in [3.8, 4) is 11.3 Å². The number of hydrogen-bond acceptors (Lipinski definition) is 2. The zero-order valence-corrected chi connectivity index (χ0v) is 15.0. The molecule has 0 aliphatic carbocycles. The molecular weight excluding hydrogens is 357 g/mol. The van der Waals surface area contributed by atoms with Gasteiger partial charge in [-0.2, -0.15) is 0 Å². The molecule has 1 aliphatic rings. The summed E-state index contributed by atoms with van der Waals surface area (Å²) >= 11 is 12.3. The Balaban J connectivity index is 1.96. The molecule has 2 N–H and O–H groups in total. The van der Waals surface area contributed by atoms with E-state index < -0.39 is 0 Å². The predicted octanol–water partition coefficient (Wildman–Crippen LogP) is 4.40. The summed E-state index contributed by atoms with van der Waals surface area (Å²) in [5.74, 6) is 0. The summed E-state index contributed by atoms with van der Waals surface area (Å²) in [6.07, 6.45) is 0.736. The van der Waals surface area contributed by atoms with Crippen LogP contribution in [-0.4, -0.2) is 14.8 Å². The minimum absolute atomic E-state index is 0.102. The predicted molar refractivity (Wildman–Crippen MR) is 100 cm³/mol. The van der Waals surface area contributed by atoms with Crippen LogP contribution in [0.3, 0.4) is 0 Å². The fraction of sp³-hybridized carbons (Fsp3) is 0.200. The van der Waals surface area contributed by atoms with Crippen molar-refractivity contribution in [1.29, 1.82) is 0 Å². The van der Waals surface area contributed by atoms with Crippen molar-refractivity contribution in [3.63, 3.8) is 0 Å². The molecule has 2 heterocycles. The van der Waals surface area contributed by atoms with E-state index in [1.165, 1.54) is 11.1 Å². The highest BCUT2D eigenvalue weighted by atomic mass is 35.5. The first-order valence-corrected chi connectivity index (χ1v) is 8.86. The smallest absolute Gasteiger partial charge is 0.0706 e. The molecule has 0 spiro atoms. The third-order valence-corrected chi connectivity index (χ3v) is 5.65. The number of halogens is 2. The third-order valence-electron chi connectivity index (χ3n) is 4.91. The summed E-state index contributed by atoms with van der Waals surface area (Å²) in [5.41, 5.74) is 6.90. The van der Waals surface area contributed by atoms with E-state index in [-0.39, 0.29) is 13.2 Å². The van der Waals surface area contributed by atoms with Crippen molar-refractivity contribution >= 4 is 23.2 Å². The molecule has 5 heteroatoms. The maximum atomic E-state index is 10.00. The average Bonchev–Trinajstić information content (AvgIpc) is 2.94. The van der Waals surface area contributed by atoms with Gasteiger partial charge >= 0.3 is 0 Å². The van der Waals surface area contributed by atoms with Gasteiger partial charge in [-0.05, 0) is 23.3 Å². The third kappa shape index (κ3) is 2.68. The van der Waals surface area contributed by atoms with Crippen LogP contribution >= 0.6 is 23.2 Å². The normalized spacial score (nSPS) is 12.8. The van der Waals surface area contributed by atoms with Crippen LogP contribution < -0.4 is 0 Å². The van der Waals surface area contributed by atoms with E-state index in [4.69, 9.17) is 23.2 Å². The number of aliphatic hydroxyl groups excluding tert-OH is 2. The molecule has 0 radical (unpaired) electrons. The molecule has 0 saturated carbocycles. The highest BCUT2D eigenvalue weighted by Crippen LogP contribution is 2.38. The van der Waals surface area contributed by atoms with Gasteiger partial charge in [0.1, 0.15) is 0 Å². The van der Waals surface area contributed by atoms with Gasteiger partial charge in [-0.1, -0.05) is 53.5 Å². The zero-order chi connectivity index (χ0) is 17.6. The number of aromatic nitrogens is 1. The van der Waals surface area contributed by atoms with E-state index in [2.05, 4.69) is 16.7 Å².